The van der Waals surface area contributed by atoms with E-state index in [0.29, 0.717) is 5.56 Å². The Hall–Kier alpha value is -2.37. The van der Waals surface area contributed by atoms with Crippen molar-refractivity contribution in [3.8, 4) is 0 Å². The molecule has 2 aromatic carbocycles. The summed E-state index contributed by atoms with van der Waals surface area (Å²) >= 11 is 0. The Morgan fingerprint density at radius 3 is 2.03 bits per heavy atom. The van der Waals surface area contributed by atoms with Crippen LogP contribution in [0.3, 0.4) is 0 Å². The average Bonchev–Trinajstić information content (AvgIpc) is 3.58. The number of esters is 1. The molecule has 2 saturated carbocycles. The van der Waals surface area contributed by atoms with E-state index in [2.05, 4.69) is 29.5 Å². The number of carbonyl (C=O) groups is 3. The molecule has 2 aromatic rings. The monoisotopic (exact) mass is 498 g/mol. The van der Waals surface area contributed by atoms with Crippen LogP contribution in [0.1, 0.15) is 22.8 Å². The molecule has 0 aromatic heterocycles. The molecule has 0 unspecified atom stereocenters. The number of amides is 2. The normalized spacial score (nSPS) is 15.1. The van der Waals surface area contributed by atoms with Crippen LogP contribution in [0.2, 0.25) is 0 Å². The third-order valence-electron chi connectivity index (χ3n) is 4.80. The van der Waals surface area contributed by atoms with Crippen LogP contribution in [0, 0.1) is 63.7 Å². The molecule has 2 aliphatic rings. The molecule has 0 spiro atoms. The number of benzene rings is 2. The topological polar surface area (TPSA) is 84.5 Å². The molecular weight excluding hydrogens is 472 g/mol. The van der Waals surface area contributed by atoms with E-state index in [0.717, 1.165) is 22.3 Å². The van der Waals surface area contributed by atoms with Gasteiger partial charge in [-0.1, -0.05) is 24.3 Å². The van der Waals surface area contributed by atoms with Crippen LogP contribution in [0.5, 0.6) is 0 Å². The molecule has 7 heteroatoms. The first-order valence-electron chi connectivity index (χ1n) is 10.7. The summed E-state index contributed by atoms with van der Waals surface area (Å²) in [5.74, 6) is -0.176. The maximum absolute atomic E-state index is 12.3. The molecule has 2 fully saturated rings. The zero-order chi connectivity index (χ0) is 23.5. The first-order valence-corrected chi connectivity index (χ1v) is 10.7. The second-order valence-corrected chi connectivity index (χ2v) is 7.18. The molecule has 2 amide bonds. The third-order valence-corrected chi connectivity index (χ3v) is 4.80. The van der Waals surface area contributed by atoms with Crippen molar-refractivity contribution in [1.82, 2.24) is 10.6 Å². The largest absolute Gasteiger partial charge is 2.00 e. The number of hydrogen-bond acceptors (Lipinski definition) is 4. The van der Waals surface area contributed by atoms with Gasteiger partial charge in [0.2, 0.25) is 5.91 Å². The Labute approximate surface area is 213 Å². The summed E-state index contributed by atoms with van der Waals surface area (Å²) in [5, 5.41) is 6.91. The fourth-order valence-electron chi connectivity index (χ4n) is 3.16. The number of hydrogen-bond donors (Lipinski definition) is 2. The first-order chi connectivity index (χ1) is 16.1. The van der Waals surface area contributed by atoms with E-state index in [1.807, 2.05) is 63.1 Å². The molecule has 174 valence electrons. The van der Waals surface area contributed by atoms with Gasteiger partial charge in [0.05, 0.1) is 13.2 Å². The summed E-state index contributed by atoms with van der Waals surface area (Å²) in [6.07, 6.45) is 18.1. The van der Waals surface area contributed by atoms with Gasteiger partial charge in [0, 0.05) is 11.5 Å². The van der Waals surface area contributed by atoms with Crippen molar-refractivity contribution < 1.29 is 36.2 Å². The fourth-order valence-corrected chi connectivity index (χ4v) is 3.16. The molecular formula is C27H26FeN2O4+2. The van der Waals surface area contributed by atoms with Gasteiger partial charge in [-0.3, -0.25) is 14.4 Å². The van der Waals surface area contributed by atoms with Gasteiger partial charge in [0.1, 0.15) is 6.54 Å². The summed E-state index contributed by atoms with van der Waals surface area (Å²) < 4.78 is 4.72. The van der Waals surface area contributed by atoms with Gasteiger partial charge in [-0.2, -0.15) is 0 Å². The molecule has 0 aliphatic heterocycles. The van der Waals surface area contributed by atoms with Crippen LogP contribution in [0.25, 0.3) is 10.8 Å². The van der Waals surface area contributed by atoms with Crippen LogP contribution in [-0.2, 0) is 31.4 Å². The first kappa shape index (κ1) is 27.9. The number of nitrogens with one attached hydrogen (secondary N) is 2. The van der Waals surface area contributed by atoms with E-state index in [4.69, 9.17) is 4.74 Å². The van der Waals surface area contributed by atoms with E-state index in [1.54, 1.807) is 19.1 Å². The van der Waals surface area contributed by atoms with Crippen LogP contribution >= 0.6 is 0 Å². The molecule has 34 heavy (non-hydrogen) atoms. The van der Waals surface area contributed by atoms with E-state index in [1.165, 1.54) is 0 Å². The van der Waals surface area contributed by atoms with Gasteiger partial charge in [0.25, 0.3) is 5.91 Å². The minimum atomic E-state index is -0.516. The molecule has 0 bridgehead atoms. The molecule has 2 N–H and O–H groups in total. The predicted molar refractivity (Wildman–Crippen MR) is 127 cm³/mol. The maximum Gasteiger partial charge on any atom is 2.00 e. The van der Waals surface area contributed by atoms with Gasteiger partial charge in [-0.15, -0.1) is 0 Å². The smallest absolute Gasteiger partial charge is 0.465 e. The summed E-state index contributed by atoms with van der Waals surface area (Å²) in [5.41, 5.74) is 1.58. The molecule has 10 radical (unpaired) electrons. The Balaban J connectivity index is 0.000000603. The fraction of sp³-hybridized carbons (Fsp3) is 0.148. The summed E-state index contributed by atoms with van der Waals surface area (Å²) in [4.78, 5) is 35.2. The van der Waals surface area contributed by atoms with Gasteiger partial charge < -0.3 is 15.4 Å². The molecule has 4 rings (SSSR count). The van der Waals surface area contributed by atoms with Crippen molar-refractivity contribution in [2.45, 2.75) is 6.92 Å². The third kappa shape index (κ3) is 8.77. The molecule has 0 heterocycles. The van der Waals surface area contributed by atoms with Gasteiger partial charge in [-0.25, -0.2) is 0 Å². The molecule has 6 nitrogen and oxygen atoms in total. The number of fused-ring (bicyclic) bond motifs is 1. The Bertz CT molecular complexity index is 945. The second-order valence-electron chi connectivity index (χ2n) is 7.18. The van der Waals surface area contributed by atoms with Crippen molar-refractivity contribution in [1.29, 1.82) is 0 Å². The quantitative estimate of drug-likeness (QED) is 0.454. The van der Waals surface area contributed by atoms with Gasteiger partial charge in [0.15, 0.2) is 0 Å². The average molecular weight is 498 g/mol. The molecule has 2 aliphatic carbocycles. The predicted octanol–water partition coefficient (Wildman–Crippen LogP) is 3.02. The summed E-state index contributed by atoms with van der Waals surface area (Å²) in [7, 11) is 0. The van der Waals surface area contributed by atoms with Crippen molar-refractivity contribution >= 4 is 28.6 Å². The van der Waals surface area contributed by atoms with Gasteiger partial charge >= 0.3 is 23.0 Å². The second kappa shape index (κ2) is 14.8. The van der Waals surface area contributed by atoms with Crippen molar-refractivity contribution in [3.63, 3.8) is 0 Å². The standard InChI is InChI=1S/C22H21N2O4.C5H5.Fe/c1-2-28-21(26)14-23-20(25)13-24-22(27)19-10-9-17-11-16(7-8-18(17)12-19)15-5-3-4-6-15;1-2-4-5-3-1;/h3-12H,2,13-14H2,1H3,(H,23,25)(H,24,27);1-5H;/q;;+2. The van der Waals surface area contributed by atoms with E-state index >= 15 is 0 Å². The van der Waals surface area contributed by atoms with Crippen molar-refractivity contribution in [2.75, 3.05) is 19.7 Å². The van der Waals surface area contributed by atoms with Crippen LogP contribution < -0.4 is 10.6 Å². The van der Waals surface area contributed by atoms with E-state index < -0.39 is 11.9 Å². The molecule has 0 saturated heterocycles. The van der Waals surface area contributed by atoms with E-state index in [-0.39, 0.29) is 42.7 Å². The Morgan fingerprint density at radius 1 is 0.765 bits per heavy atom. The van der Waals surface area contributed by atoms with Crippen molar-refractivity contribution in [2.24, 2.45) is 0 Å². The van der Waals surface area contributed by atoms with Gasteiger partial charge in [-0.05, 0) is 93.2 Å². The zero-order valence-electron chi connectivity index (χ0n) is 18.8. The van der Waals surface area contributed by atoms with Crippen LogP contribution in [0.15, 0.2) is 36.4 Å². The van der Waals surface area contributed by atoms with E-state index in [9.17, 15) is 14.4 Å². The van der Waals surface area contributed by atoms with Crippen LogP contribution in [-0.4, -0.2) is 37.5 Å². The number of carbonyl (C=O) groups excluding carboxylic acids is 3. The maximum atomic E-state index is 12.3. The minimum Gasteiger partial charge on any atom is -0.465 e. The summed E-state index contributed by atoms with van der Waals surface area (Å²) in [6, 6.07) is 11.5. The number of ether oxygens (including phenoxy) is 1. The zero-order valence-corrected chi connectivity index (χ0v) is 19.9. The SMILES string of the molecule is CCOC(=O)CNC(=O)CNC(=O)c1ccc2cc([C]3[CH][CH][CH][CH]3)ccc2c1.[CH]1[CH][CH][CH][CH]1.[Fe+2]. The number of rotatable bonds is 7. The van der Waals surface area contributed by atoms with Crippen LogP contribution in [0.4, 0.5) is 0 Å². The minimum absolute atomic E-state index is 0. The summed E-state index contributed by atoms with van der Waals surface area (Å²) in [6.45, 7) is 1.50. The Kier molecular flexibility index (Phi) is 12.1. The van der Waals surface area contributed by atoms with Crippen molar-refractivity contribution in [3.05, 3.63) is 111 Å². The Morgan fingerprint density at radius 2 is 1.38 bits per heavy atom. The molecule has 0 atom stereocenters.